The van der Waals surface area contributed by atoms with Crippen LogP contribution in [0.15, 0.2) is 41.2 Å². The van der Waals surface area contributed by atoms with E-state index in [1.807, 2.05) is 17.5 Å². The van der Waals surface area contributed by atoms with Crippen LogP contribution in [0.5, 0.6) is 0 Å². The van der Waals surface area contributed by atoms with E-state index < -0.39 is 0 Å². The molecule has 1 unspecified atom stereocenters. The van der Waals surface area contributed by atoms with Gasteiger partial charge in [-0.15, -0.1) is 11.3 Å². The van der Waals surface area contributed by atoms with Gasteiger partial charge in [-0.05, 0) is 23.9 Å². The molecule has 0 spiro atoms. The van der Waals surface area contributed by atoms with Crippen LogP contribution in [-0.4, -0.2) is 5.78 Å². The van der Waals surface area contributed by atoms with Gasteiger partial charge in [-0.3, -0.25) is 4.79 Å². The third-order valence-electron chi connectivity index (χ3n) is 3.05. The van der Waals surface area contributed by atoms with Crippen molar-refractivity contribution in [3.8, 4) is 0 Å². The highest BCUT2D eigenvalue weighted by Crippen LogP contribution is 2.39. The molecule has 82 valence electrons. The van der Waals surface area contributed by atoms with Crippen LogP contribution in [0.1, 0.15) is 30.1 Å². The highest BCUT2D eigenvalue weighted by Gasteiger charge is 2.30. The van der Waals surface area contributed by atoms with Gasteiger partial charge in [0.2, 0.25) is 0 Å². The number of Topliss-reactive ketones (excluding diaryl/α,β-unsaturated/α-hetero) is 1. The van der Waals surface area contributed by atoms with Gasteiger partial charge in [0, 0.05) is 29.2 Å². The minimum Gasteiger partial charge on any atom is -0.469 e. The predicted molar refractivity (Wildman–Crippen MR) is 63.2 cm³/mol. The lowest BCUT2D eigenvalue weighted by Gasteiger charge is -2.26. The number of hydrogen-bond donors (Lipinski definition) is 0. The lowest BCUT2D eigenvalue weighted by Crippen LogP contribution is -2.19. The summed E-state index contributed by atoms with van der Waals surface area (Å²) in [5, 5.41) is 2.05. The van der Waals surface area contributed by atoms with Crippen LogP contribution in [0.2, 0.25) is 0 Å². The van der Waals surface area contributed by atoms with E-state index in [1.54, 1.807) is 17.6 Å². The Morgan fingerprint density at radius 2 is 2.31 bits per heavy atom. The maximum absolute atomic E-state index is 12.0. The van der Waals surface area contributed by atoms with Crippen molar-refractivity contribution >= 4 is 17.1 Å². The molecular formula is C13H12O2S. The highest BCUT2D eigenvalue weighted by molar-refractivity contribution is 7.10. The van der Waals surface area contributed by atoms with Gasteiger partial charge in [0.05, 0.1) is 6.26 Å². The summed E-state index contributed by atoms with van der Waals surface area (Å²) in [6, 6.07) is 4.11. The summed E-state index contributed by atoms with van der Waals surface area (Å²) in [7, 11) is 0. The summed E-state index contributed by atoms with van der Waals surface area (Å²) in [5.74, 6) is 1.26. The van der Waals surface area contributed by atoms with Crippen LogP contribution in [0.4, 0.5) is 0 Å². The average Bonchev–Trinajstić information content (AvgIpc) is 2.82. The number of ether oxygens (including phenoxy) is 1. The summed E-state index contributed by atoms with van der Waals surface area (Å²) >= 11 is 1.69. The van der Waals surface area contributed by atoms with Crippen molar-refractivity contribution in [1.29, 1.82) is 0 Å². The SMILES string of the molecule is O=C1CCCC2=C1C(c1cccs1)C=CO2. The number of ketones is 1. The van der Waals surface area contributed by atoms with Crippen molar-refractivity contribution < 1.29 is 9.53 Å². The van der Waals surface area contributed by atoms with Gasteiger partial charge in [-0.1, -0.05) is 6.07 Å². The van der Waals surface area contributed by atoms with Crippen LogP contribution in [0.3, 0.4) is 0 Å². The van der Waals surface area contributed by atoms with E-state index in [2.05, 4.69) is 6.07 Å². The fourth-order valence-electron chi connectivity index (χ4n) is 2.31. The Morgan fingerprint density at radius 3 is 3.12 bits per heavy atom. The first kappa shape index (κ1) is 9.85. The van der Waals surface area contributed by atoms with E-state index in [0.717, 1.165) is 24.2 Å². The molecule has 3 rings (SSSR count). The fraction of sp³-hybridized carbons (Fsp3) is 0.308. The number of carbonyl (C=O) groups is 1. The molecule has 3 heteroatoms. The molecule has 2 nitrogen and oxygen atoms in total. The van der Waals surface area contributed by atoms with Crippen LogP contribution in [0, 0.1) is 0 Å². The van der Waals surface area contributed by atoms with Crippen LogP contribution in [0.25, 0.3) is 0 Å². The summed E-state index contributed by atoms with van der Waals surface area (Å²) in [6.45, 7) is 0. The molecule has 0 N–H and O–H groups in total. The Bertz CT molecular complexity index is 468. The maximum Gasteiger partial charge on any atom is 0.163 e. The normalized spacial score (nSPS) is 24.2. The van der Waals surface area contributed by atoms with Crippen LogP contribution < -0.4 is 0 Å². The zero-order valence-electron chi connectivity index (χ0n) is 8.81. The van der Waals surface area contributed by atoms with Crippen LogP contribution in [-0.2, 0) is 9.53 Å². The van der Waals surface area contributed by atoms with Crippen molar-refractivity contribution in [2.24, 2.45) is 0 Å². The van der Waals surface area contributed by atoms with Gasteiger partial charge in [-0.2, -0.15) is 0 Å². The first-order valence-corrected chi connectivity index (χ1v) is 6.37. The molecule has 2 heterocycles. The van der Waals surface area contributed by atoms with Crippen LogP contribution >= 0.6 is 11.3 Å². The van der Waals surface area contributed by atoms with Gasteiger partial charge >= 0.3 is 0 Å². The first-order chi connectivity index (χ1) is 7.86. The fourth-order valence-corrected chi connectivity index (χ4v) is 3.12. The minimum absolute atomic E-state index is 0.122. The van der Waals surface area contributed by atoms with Gasteiger partial charge in [0.25, 0.3) is 0 Å². The van der Waals surface area contributed by atoms with E-state index in [1.165, 1.54) is 4.88 Å². The third-order valence-corrected chi connectivity index (χ3v) is 4.01. The van der Waals surface area contributed by atoms with Gasteiger partial charge in [0.1, 0.15) is 5.76 Å². The Morgan fingerprint density at radius 1 is 1.38 bits per heavy atom. The maximum atomic E-state index is 12.0. The van der Waals surface area contributed by atoms with E-state index in [9.17, 15) is 4.79 Å². The largest absolute Gasteiger partial charge is 0.469 e. The molecular weight excluding hydrogens is 220 g/mol. The molecule has 1 aromatic rings. The molecule has 0 saturated heterocycles. The summed E-state index contributed by atoms with van der Waals surface area (Å²) in [6.07, 6.45) is 6.18. The lowest BCUT2D eigenvalue weighted by molar-refractivity contribution is -0.116. The smallest absolute Gasteiger partial charge is 0.163 e. The van der Waals surface area contributed by atoms with Crippen molar-refractivity contribution in [1.82, 2.24) is 0 Å². The zero-order chi connectivity index (χ0) is 11.0. The first-order valence-electron chi connectivity index (χ1n) is 5.49. The number of carbonyl (C=O) groups excluding carboxylic acids is 1. The molecule has 0 bridgehead atoms. The van der Waals surface area contributed by atoms with E-state index in [4.69, 9.17) is 4.74 Å². The van der Waals surface area contributed by atoms with Crippen molar-refractivity contribution in [2.75, 3.05) is 0 Å². The number of allylic oxidation sites excluding steroid dienone is 3. The monoisotopic (exact) mass is 232 g/mol. The Kier molecular flexibility index (Phi) is 2.40. The standard InChI is InChI=1S/C13H12O2S/c14-10-3-1-4-11-13(10)9(6-7-15-11)12-5-2-8-16-12/h2,5-9H,1,3-4H2. The van der Waals surface area contributed by atoms with E-state index in [-0.39, 0.29) is 11.7 Å². The Balaban J connectivity index is 2.05. The summed E-state index contributed by atoms with van der Waals surface area (Å²) < 4.78 is 5.46. The lowest BCUT2D eigenvalue weighted by atomic mass is 9.85. The van der Waals surface area contributed by atoms with Gasteiger partial charge in [-0.25, -0.2) is 0 Å². The molecule has 2 aliphatic rings. The molecule has 0 radical (unpaired) electrons. The minimum atomic E-state index is 0.122. The molecule has 0 amide bonds. The number of rotatable bonds is 1. The molecule has 1 aliphatic carbocycles. The van der Waals surface area contributed by atoms with E-state index >= 15 is 0 Å². The average molecular weight is 232 g/mol. The van der Waals surface area contributed by atoms with Crippen molar-refractivity contribution in [3.63, 3.8) is 0 Å². The Hall–Kier alpha value is -1.35. The molecule has 16 heavy (non-hydrogen) atoms. The summed E-state index contributed by atoms with van der Waals surface area (Å²) in [5.41, 5.74) is 0.885. The zero-order valence-corrected chi connectivity index (χ0v) is 9.63. The molecule has 0 fully saturated rings. The second-order valence-corrected chi connectivity index (χ2v) is 5.03. The third kappa shape index (κ3) is 1.52. The van der Waals surface area contributed by atoms with E-state index in [0.29, 0.717) is 6.42 Å². The second-order valence-electron chi connectivity index (χ2n) is 4.05. The Labute approximate surface area is 98.2 Å². The van der Waals surface area contributed by atoms with Gasteiger partial charge < -0.3 is 4.74 Å². The van der Waals surface area contributed by atoms with Crippen molar-refractivity contribution in [3.05, 3.63) is 46.1 Å². The molecule has 0 saturated carbocycles. The quantitative estimate of drug-likeness (QED) is 0.742. The molecule has 1 aromatic heterocycles. The predicted octanol–water partition coefficient (Wildman–Crippen LogP) is 3.38. The molecule has 0 aromatic carbocycles. The molecule has 1 aliphatic heterocycles. The van der Waals surface area contributed by atoms with Crippen molar-refractivity contribution in [2.45, 2.75) is 25.2 Å². The van der Waals surface area contributed by atoms with Gasteiger partial charge in [0.15, 0.2) is 5.78 Å². The molecule has 1 atom stereocenters. The highest BCUT2D eigenvalue weighted by atomic mass is 32.1. The number of thiophene rings is 1. The second kappa shape index (κ2) is 3.91. The topological polar surface area (TPSA) is 26.3 Å². The number of hydrogen-bond acceptors (Lipinski definition) is 3. The summed E-state index contributed by atoms with van der Waals surface area (Å²) in [4.78, 5) is 13.2.